The van der Waals surface area contributed by atoms with Gasteiger partial charge in [0, 0.05) is 16.8 Å². The Morgan fingerprint density at radius 1 is 1.33 bits per heavy atom. The fourth-order valence-electron chi connectivity index (χ4n) is 1.52. The zero-order chi connectivity index (χ0) is 10.8. The van der Waals surface area contributed by atoms with Crippen LogP contribution in [0.1, 0.15) is 11.3 Å². The maximum absolute atomic E-state index is 8.71. The fourth-order valence-corrected chi connectivity index (χ4v) is 1.69. The van der Waals surface area contributed by atoms with Gasteiger partial charge in [-0.2, -0.15) is 5.26 Å². The molecule has 0 radical (unpaired) electrons. The molecule has 0 fully saturated rings. The van der Waals surface area contributed by atoms with Crippen LogP contribution in [0.5, 0.6) is 0 Å². The van der Waals surface area contributed by atoms with Gasteiger partial charge in [-0.3, -0.25) is 0 Å². The molecule has 1 aromatic carbocycles. The third kappa shape index (κ3) is 1.88. The van der Waals surface area contributed by atoms with Gasteiger partial charge >= 0.3 is 0 Å². The van der Waals surface area contributed by atoms with Crippen LogP contribution in [-0.2, 0) is 0 Å². The molecule has 0 aliphatic rings. The van der Waals surface area contributed by atoms with Crippen molar-refractivity contribution >= 4 is 11.6 Å². The van der Waals surface area contributed by atoms with Crippen molar-refractivity contribution in [2.75, 3.05) is 0 Å². The molecule has 15 heavy (non-hydrogen) atoms. The molecule has 0 bridgehead atoms. The largest absolute Gasteiger partial charge is 0.353 e. The van der Waals surface area contributed by atoms with Crippen LogP contribution in [0.3, 0.4) is 0 Å². The molecule has 1 heterocycles. The Balaban J connectivity index is 2.54. The zero-order valence-electron chi connectivity index (χ0n) is 8.21. The minimum Gasteiger partial charge on any atom is -0.353 e. The fraction of sp³-hybridized carbons (Fsp3) is 0.0833. The highest BCUT2D eigenvalue weighted by molar-refractivity contribution is 6.30. The average molecular weight is 217 g/mol. The number of aromatic amines is 1. The first-order valence-electron chi connectivity index (χ1n) is 4.56. The molecule has 0 aliphatic heterocycles. The number of nitriles is 1. The Labute approximate surface area is 93.1 Å². The molecular weight excluding hydrogens is 208 g/mol. The van der Waals surface area contributed by atoms with Crippen molar-refractivity contribution in [2.45, 2.75) is 6.92 Å². The molecule has 0 saturated heterocycles. The number of H-pyrrole nitrogens is 1. The number of benzene rings is 1. The van der Waals surface area contributed by atoms with Gasteiger partial charge in [-0.05, 0) is 36.2 Å². The van der Waals surface area contributed by atoms with E-state index in [9.17, 15) is 0 Å². The first kappa shape index (κ1) is 9.82. The van der Waals surface area contributed by atoms with Crippen LogP contribution in [0, 0.1) is 18.3 Å². The second-order valence-electron chi connectivity index (χ2n) is 3.37. The molecular formula is C12H9ClN2. The van der Waals surface area contributed by atoms with Crippen LogP contribution in [0.2, 0.25) is 5.02 Å². The van der Waals surface area contributed by atoms with Crippen molar-refractivity contribution in [1.29, 1.82) is 5.26 Å². The Kier molecular flexibility index (Phi) is 2.49. The SMILES string of the molecule is Cc1ccc(Cl)cc1-c1c[nH]c(C#N)c1. The van der Waals surface area contributed by atoms with E-state index in [0.29, 0.717) is 10.7 Å². The topological polar surface area (TPSA) is 39.6 Å². The number of halogens is 1. The van der Waals surface area contributed by atoms with E-state index in [1.54, 1.807) is 0 Å². The minimum atomic E-state index is 0.560. The Morgan fingerprint density at radius 3 is 2.80 bits per heavy atom. The van der Waals surface area contributed by atoms with Gasteiger partial charge in [0.2, 0.25) is 0 Å². The van der Waals surface area contributed by atoms with Crippen LogP contribution in [0.15, 0.2) is 30.5 Å². The number of aryl methyl sites for hydroxylation is 1. The molecule has 0 aliphatic carbocycles. The summed E-state index contributed by atoms with van der Waals surface area (Å²) in [6.07, 6.45) is 1.82. The third-order valence-electron chi connectivity index (χ3n) is 2.31. The number of nitrogens with one attached hydrogen (secondary N) is 1. The molecule has 2 nitrogen and oxygen atoms in total. The van der Waals surface area contributed by atoms with Gasteiger partial charge in [0.1, 0.15) is 11.8 Å². The van der Waals surface area contributed by atoms with Crippen molar-refractivity contribution in [2.24, 2.45) is 0 Å². The van der Waals surface area contributed by atoms with Gasteiger partial charge < -0.3 is 4.98 Å². The average Bonchev–Trinajstić information content (AvgIpc) is 2.70. The van der Waals surface area contributed by atoms with Crippen molar-refractivity contribution < 1.29 is 0 Å². The van der Waals surface area contributed by atoms with Crippen molar-refractivity contribution in [3.63, 3.8) is 0 Å². The van der Waals surface area contributed by atoms with Crippen molar-refractivity contribution in [3.8, 4) is 17.2 Å². The lowest BCUT2D eigenvalue weighted by Crippen LogP contribution is -1.80. The van der Waals surface area contributed by atoms with E-state index in [0.717, 1.165) is 16.7 Å². The quantitative estimate of drug-likeness (QED) is 0.779. The van der Waals surface area contributed by atoms with E-state index in [4.69, 9.17) is 16.9 Å². The third-order valence-corrected chi connectivity index (χ3v) is 2.55. The lowest BCUT2D eigenvalue weighted by Gasteiger charge is -2.03. The van der Waals surface area contributed by atoms with Crippen molar-refractivity contribution in [3.05, 3.63) is 46.7 Å². The Morgan fingerprint density at radius 2 is 2.13 bits per heavy atom. The number of hydrogen-bond acceptors (Lipinski definition) is 1. The summed E-state index contributed by atoms with van der Waals surface area (Å²) in [6, 6.07) is 9.61. The smallest absolute Gasteiger partial charge is 0.118 e. The second-order valence-corrected chi connectivity index (χ2v) is 3.81. The molecule has 74 valence electrons. The maximum Gasteiger partial charge on any atom is 0.118 e. The summed E-state index contributed by atoms with van der Waals surface area (Å²) in [5.41, 5.74) is 3.75. The standard InChI is InChI=1S/C12H9ClN2/c1-8-2-3-10(13)5-12(8)9-4-11(6-14)15-7-9/h2-5,7,15H,1H3. The van der Waals surface area contributed by atoms with E-state index in [1.165, 1.54) is 0 Å². The molecule has 1 aromatic heterocycles. The Bertz CT molecular complexity index is 535. The molecule has 3 heteroatoms. The molecule has 1 N–H and O–H groups in total. The first-order valence-corrected chi connectivity index (χ1v) is 4.93. The maximum atomic E-state index is 8.71. The lowest BCUT2D eigenvalue weighted by molar-refractivity contribution is 1.33. The number of nitrogens with zero attached hydrogens (tertiary/aromatic N) is 1. The number of aromatic nitrogens is 1. The number of rotatable bonds is 1. The normalized spacial score (nSPS) is 9.93. The molecule has 0 amide bonds. The molecule has 0 atom stereocenters. The van der Waals surface area contributed by atoms with Crippen LogP contribution >= 0.6 is 11.6 Å². The molecule has 0 unspecified atom stereocenters. The highest BCUT2D eigenvalue weighted by Gasteiger charge is 2.05. The van der Waals surface area contributed by atoms with Gasteiger partial charge in [0.05, 0.1) is 0 Å². The second kappa shape index (κ2) is 3.80. The van der Waals surface area contributed by atoms with Gasteiger partial charge in [-0.1, -0.05) is 17.7 Å². The summed E-state index contributed by atoms with van der Waals surface area (Å²) in [4.78, 5) is 2.90. The zero-order valence-corrected chi connectivity index (χ0v) is 8.97. The summed E-state index contributed by atoms with van der Waals surface area (Å²) in [7, 11) is 0. The predicted octanol–water partition coefficient (Wildman–Crippen LogP) is 3.52. The van der Waals surface area contributed by atoms with Gasteiger partial charge in [0.15, 0.2) is 0 Å². The summed E-state index contributed by atoms with van der Waals surface area (Å²) in [5, 5.41) is 9.42. The van der Waals surface area contributed by atoms with Gasteiger partial charge in [-0.15, -0.1) is 0 Å². The number of hydrogen-bond donors (Lipinski definition) is 1. The predicted molar refractivity (Wildman–Crippen MR) is 60.7 cm³/mol. The lowest BCUT2D eigenvalue weighted by atomic mass is 10.0. The van der Waals surface area contributed by atoms with E-state index >= 15 is 0 Å². The molecule has 0 spiro atoms. The van der Waals surface area contributed by atoms with Crippen LogP contribution < -0.4 is 0 Å². The highest BCUT2D eigenvalue weighted by Crippen LogP contribution is 2.26. The van der Waals surface area contributed by atoms with E-state index < -0.39 is 0 Å². The Hall–Kier alpha value is -1.72. The molecule has 0 saturated carbocycles. The summed E-state index contributed by atoms with van der Waals surface area (Å²) < 4.78 is 0. The van der Waals surface area contributed by atoms with Crippen LogP contribution in [0.4, 0.5) is 0 Å². The minimum absolute atomic E-state index is 0.560. The van der Waals surface area contributed by atoms with Gasteiger partial charge in [-0.25, -0.2) is 0 Å². The van der Waals surface area contributed by atoms with Crippen molar-refractivity contribution in [1.82, 2.24) is 4.98 Å². The summed E-state index contributed by atoms with van der Waals surface area (Å²) >= 11 is 5.93. The monoisotopic (exact) mass is 216 g/mol. The van der Waals surface area contributed by atoms with E-state index in [2.05, 4.69) is 11.1 Å². The van der Waals surface area contributed by atoms with E-state index in [-0.39, 0.29) is 0 Å². The summed E-state index contributed by atoms with van der Waals surface area (Å²) in [6.45, 7) is 2.02. The van der Waals surface area contributed by atoms with Crippen LogP contribution in [-0.4, -0.2) is 4.98 Å². The molecule has 2 aromatic rings. The van der Waals surface area contributed by atoms with Gasteiger partial charge in [0.25, 0.3) is 0 Å². The first-order chi connectivity index (χ1) is 7.20. The highest BCUT2D eigenvalue weighted by atomic mass is 35.5. The van der Waals surface area contributed by atoms with E-state index in [1.807, 2.05) is 37.4 Å². The molecule has 2 rings (SSSR count). The summed E-state index contributed by atoms with van der Waals surface area (Å²) in [5.74, 6) is 0. The van der Waals surface area contributed by atoms with Crippen LogP contribution in [0.25, 0.3) is 11.1 Å².